The van der Waals surface area contributed by atoms with Gasteiger partial charge < -0.3 is 5.32 Å². The lowest BCUT2D eigenvalue weighted by atomic mass is 10.1. The third-order valence-electron chi connectivity index (χ3n) is 3.66. The third-order valence-corrected chi connectivity index (χ3v) is 4.85. The molecule has 1 N–H and O–H groups in total. The highest BCUT2D eigenvalue weighted by Crippen LogP contribution is 2.10. The number of benzene rings is 1. The van der Waals surface area contributed by atoms with Crippen molar-refractivity contribution in [1.82, 2.24) is 9.62 Å². The lowest BCUT2D eigenvalue weighted by Crippen LogP contribution is -2.44. The van der Waals surface area contributed by atoms with Crippen LogP contribution in [0.2, 0.25) is 0 Å². The Hall–Kier alpha value is -1.40. The summed E-state index contributed by atoms with van der Waals surface area (Å²) in [6, 6.07) is 7.62. The van der Waals surface area contributed by atoms with Gasteiger partial charge in [0.1, 0.15) is 0 Å². The highest BCUT2D eigenvalue weighted by molar-refractivity contribution is 7.88. The molecular weight excluding hydrogens is 300 g/mol. The van der Waals surface area contributed by atoms with Crippen molar-refractivity contribution in [3.8, 4) is 0 Å². The molecule has 0 aliphatic rings. The van der Waals surface area contributed by atoms with Crippen LogP contribution in [0.4, 0.5) is 0 Å². The zero-order valence-electron chi connectivity index (χ0n) is 14.0. The molecule has 0 aliphatic heterocycles. The Kier molecular flexibility index (Phi) is 6.56. The predicted molar refractivity (Wildman–Crippen MR) is 88.9 cm³/mol. The van der Waals surface area contributed by atoms with Crippen LogP contribution in [0.25, 0.3) is 0 Å². The molecule has 1 aromatic rings. The fraction of sp³-hybridized carbons (Fsp3) is 0.562. The molecule has 0 fully saturated rings. The van der Waals surface area contributed by atoms with E-state index in [0.29, 0.717) is 5.92 Å². The number of rotatable bonds is 7. The molecule has 0 aromatic heterocycles. The summed E-state index contributed by atoms with van der Waals surface area (Å²) in [6.45, 7) is 7.93. The summed E-state index contributed by atoms with van der Waals surface area (Å²) in [6.07, 6.45) is 1.13. The monoisotopic (exact) mass is 326 g/mol. The summed E-state index contributed by atoms with van der Waals surface area (Å²) in [5.41, 5.74) is 1.97. The van der Waals surface area contributed by atoms with Gasteiger partial charge >= 0.3 is 0 Å². The SMILES string of the molecule is Cc1ccc(CN(CC(=O)N[C@@H](C)C(C)C)S(C)(=O)=O)cc1. The maximum Gasteiger partial charge on any atom is 0.235 e. The first-order valence-corrected chi connectivity index (χ1v) is 9.24. The highest BCUT2D eigenvalue weighted by atomic mass is 32.2. The number of sulfonamides is 1. The number of hydrogen-bond donors (Lipinski definition) is 1. The van der Waals surface area contributed by atoms with Gasteiger partial charge in [0.15, 0.2) is 0 Å². The Bertz CT molecular complexity index is 594. The zero-order valence-corrected chi connectivity index (χ0v) is 14.8. The predicted octanol–water partition coefficient (Wildman–Crippen LogP) is 1.92. The van der Waals surface area contributed by atoms with Gasteiger partial charge in [-0.1, -0.05) is 43.7 Å². The van der Waals surface area contributed by atoms with Crippen molar-refractivity contribution in [2.24, 2.45) is 5.92 Å². The molecule has 6 heteroatoms. The molecule has 0 saturated heterocycles. The summed E-state index contributed by atoms with van der Waals surface area (Å²) in [5.74, 6) is 0.0199. The molecule has 0 aliphatic carbocycles. The van der Waals surface area contributed by atoms with Gasteiger partial charge in [-0.25, -0.2) is 8.42 Å². The largest absolute Gasteiger partial charge is 0.352 e. The van der Waals surface area contributed by atoms with E-state index in [1.165, 1.54) is 4.31 Å². The van der Waals surface area contributed by atoms with Crippen LogP contribution >= 0.6 is 0 Å². The Morgan fingerprint density at radius 3 is 2.18 bits per heavy atom. The summed E-state index contributed by atoms with van der Waals surface area (Å²) in [7, 11) is -3.45. The fourth-order valence-electron chi connectivity index (χ4n) is 1.81. The van der Waals surface area contributed by atoms with Crippen molar-refractivity contribution in [3.63, 3.8) is 0 Å². The zero-order chi connectivity index (χ0) is 16.9. The molecule has 0 unspecified atom stereocenters. The third kappa shape index (κ3) is 6.15. The van der Waals surface area contributed by atoms with E-state index in [-0.39, 0.29) is 25.0 Å². The van der Waals surface area contributed by atoms with Crippen molar-refractivity contribution in [2.75, 3.05) is 12.8 Å². The van der Waals surface area contributed by atoms with Gasteiger partial charge in [0, 0.05) is 12.6 Å². The average molecular weight is 326 g/mol. The summed E-state index contributed by atoms with van der Waals surface area (Å²) in [4.78, 5) is 12.0. The van der Waals surface area contributed by atoms with Crippen molar-refractivity contribution in [2.45, 2.75) is 40.3 Å². The fourth-order valence-corrected chi connectivity index (χ4v) is 2.55. The minimum atomic E-state index is -3.45. The first-order chi connectivity index (χ1) is 10.1. The molecule has 124 valence electrons. The lowest BCUT2D eigenvalue weighted by molar-refractivity contribution is -0.122. The molecule has 5 nitrogen and oxygen atoms in total. The minimum absolute atomic E-state index is 0.00767. The van der Waals surface area contributed by atoms with Gasteiger partial charge in [-0.2, -0.15) is 4.31 Å². The van der Waals surface area contributed by atoms with E-state index in [4.69, 9.17) is 0 Å². The molecule has 1 rings (SSSR count). The van der Waals surface area contributed by atoms with Crippen molar-refractivity contribution >= 4 is 15.9 Å². The van der Waals surface area contributed by atoms with Crippen LogP contribution in [0.1, 0.15) is 31.9 Å². The number of carbonyl (C=O) groups excluding carboxylic acids is 1. The van der Waals surface area contributed by atoms with Crippen molar-refractivity contribution in [3.05, 3.63) is 35.4 Å². The van der Waals surface area contributed by atoms with Gasteiger partial charge in [0.2, 0.25) is 15.9 Å². The molecule has 1 aromatic carbocycles. The molecule has 0 heterocycles. The van der Waals surface area contributed by atoms with Crippen LogP contribution in [0.5, 0.6) is 0 Å². The topological polar surface area (TPSA) is 66.5 Å². The smallest absolute Gasteiger partial charge is 0.235 e. The number of carbonyl (C=O) groups is 1. The van der Waals surface area contributed by atoms with Crippen molar-refractivity contribution in [1.29, 1.82) is 0 Å². The van der Waals surface area contributed by atoms with E-state index < -0.39 is 10.0 Å². The second-order valence-electron chi connectivity index (χ2n) is 6.12. The van der Waals surface area contributed by atoms with Gasteiger partial charge in [0.25, 0.3) is 0 Å². The van der Waals surface area contributed by atoms with E-state index in [0.717, 1.165) is 17.4 Å². The molecule has 1 atom stereocenters. The number of hydrogen-bond acceptors (Lipinski definition) is 3. The van der Waals surface area contributed by atoms with Gasteiger partial charge in [0.05, 0.1) is 12.8 Å². The molecule has 0 saturated carbocycles. The molecule has 0 spiro atoms. The molecule has 22 heavy (non-hydrogen) atoms. The average Bonchev–Trinajstić information content (AvgIpc) is 2.39. The summed E-state index contributed by atoms with van der Waals surface area (Å²) < 4.78 is 25.0. The van der Waals surface area contributed by atoms with E-state index in [1.807, 2.05) is 52.0 Å². The Morgan fingerprint density at radius 2 is 1.73 bits per heavy atom. The van der Waals surface area contributed by atoms with E-state index in [2.05, 4.69) is 5.32 Å². The van der Waals surface area contributed by atoms with Crippen LogP contribution in [-0.4, -0.2) is 37.5 Å². The minimum Gasteiger partial charge on any atom is -0.352 e. The molecule has 0 bridgehead atoms. The summed E-state index contributed by atoms with van der Waals surface area (Å²) >= 11 is 0. The van der Waals surface area contributed by atoms with Crippen LogP contribution < -0.4 is 5.32 Å². The Morgan fingerprint density at radius 1 is 1.18 bits per heavy atom. The highest BCUT2D eigenvalue weighted by Gasteiger charge is 2.21. The number of nitrogens with zero attached hydrogens (tertiary/aromatic N) is 1. The Labute approximate surface area is 133 Å². The van der Waals surface area contributed by atoms with E-state index >= 15 is 0 Å². The maximum absolute atomic E-state index is 12.0. The second kappa shape index (κ2) is 7.74. The number of nitrogens with one attached hydrogen (secondary N) is 1. The lowest BCUT2D eigenvalue weighted by Gasteiger charge is -2.22. The quantitative estimate of drug-likeness (QED) is 0.832. The van der Waals surface area contributed by atoms with Crippen molar-refractivity contribution < 1.29 is 13.2 Å². The van der Waals surface area contributed by atoms with Gasteiger partial charge in [-0.15, -0.1) is 0 Å². The van der Waals surface area contributed by atoms with Crippen LogP contribution in [0.3, 0.4) is 0 Å². The van der Waals surface area contributed by atoms with Crippen LogP contribution in [0.15, 0.2) is 24.3 Å². The maximum atomic E-state index is 12.0. The molecule has 0 radical (unpaired) electrons. The van der Waals surface area contributed by atoms with Gasteiger partial charge in [-0.3, -0.25) is 4.79 Å². The molecular formula is C16H26N2O3S. The summed E-state index contributed by atoms with van der Waals surface area (Å²) in [5, 5.41) is 2.83. The first-order valence-electron chi connectivity index (χ1n) is 7.39. The standard InChI is InChI=1S/C16H26N2O3S/c1-12(2)14(4)17-16(19)11-18(22(5,20)21)10-15-8-6-13(3)7-9-15/h6-9,12,14H,10-11H2,1-5H3,(H,17,19)/t14-/m0/s1. The van der Waals surface area contributed by atoms with Gasteiger partial charge in [-0.05, 0) is 25.3 Å². The van der Waals surface area contributed by atoms with E-state index in [9.17, 15) is 13.2 Å². The second-order valence-corrected chi connectivity index (χ2v) is 8.10. The number of aryl methyl sites for hydroxylation is 1. The van der Waals surface area contributed by atoms with E-state index in [1.54, 1.807) is 0 Å². The Balaban J connectivity index is 2.78. The first kappa shape index (κ1) is 18.6. The molecule has 1 amide bonds. The number of amides is 1. The van der Waals surface area contributed by atoms with Crippen LogP contribution in [-0.2, 0) is 21.4 Å². The normalized spacial score (nSPS) is 13.4. The van der Waals surface area contributed by atoms with Crippen LogP contribution in [0, 0.1) is 12.8 Å².